The van der Waals surface area contributed by atoms with E-state index in [1.165, 1.54) is 11.8 Å². The van der Waals surface area contributed by atoms with E-state index in [9.17, 15) is 15.2 Å². The summed E-state index contributed by atoms with van der Waals surface area (Å²) < 4.78 is -0.788. The van der Waals surface area contributed by atoms with Crippen LogP contribution in [0.1, 0.15) is 26.7 Å². The lowest BCUT2D eigenvalue weighted by atomic mass is 9.70. The predicted octanol–water partition coefficient (Wildman–Crippen LogP) is 1.71. The van der Waals surface area contributed by atoms with E-state index in [-0.39, 0.29) is 16.3 Å². The number of carbonyl (C=O) groups excluding carboxylic acids is 1. The van der Waals surface area contributed by atoms with E-state index in [4.69, 9.17) is 5.73 Å². The number of hydrogen-bond acceptors (Lipinski definition) is 5. The first kappa shape index (κ1) is 13.0. The van der Waals surface area contributed by atoms with Gasteiger partial charge in [0.25, 0.3) is 5.91 Å². The molecule has 0 fully saturated rings. The highest BCUT2D eigenvalue weighted by atomic mass is 32.2. The Labute approximate surface area is 110 Å². The van der Waals surface area contributed by atoms with Crippen LogP contribution in [0, 0.1) is 22.7 Å². The number of nitrogens with two attached hydrogens (primary N) is 1. The van der Waals surface area contributed by atoms with Crippen LogP contribution in [0.15, 0.2) is 16.8 Å². The number of carbonyl (C=O) groups is 1. The molecule has 0 aromatic heterocycles. The lowest BCUT2D eigenvalue weighted by Gasteiger charge is -2.43. The van der Waals surface area contributed by atoms with Crippen molar-refractivity contribution in [2.24, 2.45) is 22.1 Å². The molecule has 2 aliphatic rings. The second-order valence-electron chi connectivity index (χ2n) is 5.56. The minimum atomic E-state index is -0.892. The van der Waals surface area contributed by atoms with Crippen molar-refractivity contribution in [1.82, 2.24) is 0 Å². The minimum Gasteiger partial charge on any atom is -0.513 e. The van der Waals surface area contributed by atoms with Crippen molar-refractivity contribution in [3.8, 4) is 6.07 Å². The van der Waals surface area contributed by atoms with Crippen LogP contribution in [0.2, 0.25) is 0 Å². The van der Waals surface area contributed by atoms with Gasteiger partial charge in [-0.25, -0.2) is 0 Å². The van der Waals surface area contributed by atoms with Crippen LogP contribution >= 0.6 is 11.8 Å². The number of hydrogen-bond donors (Lipinski definition) is 2. The maximum absolute atomic E-state index is 11.8. The Hall–Kier alpha value is -1.48. The maximum Gasteiger partial charge on any atom is 0.267 e. The van der Waals surface area contributed by atoms with Gasteiger partial charge in [-0.1, -0.05) is 25.6 Å². The molecule has 96 valence electrons. The zero-order chi connectivity index (χ0) is 13.6. The molecule has 6 heteroatoms. The van der Waals surface area contributed by atoms with Crippen molar-refractivity contribution < 1.29 is 9.90 Å². The summed E-state index contributed by atoms with van der Waals surface area (Å²) in [7, 11) is 0. The van der Waals surface area contributed by atoms with Gasteiger partial charge in [0.2, 0.25) is 0 Å². The first-order chi connectivity index (χ1) is 8.28. The lowest BCUT2D eigenvalue weighted by molar-refractivity contribution is -0.120. The summed E-state index contributed by atoms with van der Waals surface area (Å²) in [6, 6.07) is 2.00. The highest BCUT2D eigenvalue weighted by Crippen LogP contribution is 2.51. The summed E-state index contributed by atoms with van der Waals surface area (Å²) in [4.78, 5) is 15.5. The normalized spacial score (nSPS) is 34.7. The summed E-state index contributed by atoms with van der Waals surface area (Å²) in [5.41, 5.74) is 5.47. The summed E-state index contributed by atoms with van der Waals surface area (Å²) in [5, 5.41) is 19.3. The molecule has 0 aromatic carbocycles. The monoisotopic (exact) mass is 265 g/mol. The summed E-state index contributed by atoms with van der Waals surface area (Å²) in [6.45, 7) is 4.00. The van der Waals surface area contributed by atoms with Crippen molar-refractivity contribution in [2.45, 2.75) is 31.4 Å². The number of amides is 1. The minimum absolute atomic E-state index is 0.160. The Kier molecular flexibility index (Phi) is 2.90. The van der Waals surface area contributed by atoms with Gasteiger partial charge < -0.3 is 10.8 Å². The second-order valence-corrected chi connectivity index (χ2v) is 6.94. The average molecular weight is 265 g/mol. The van der Waals surface area contributed by atoms with Crippen LogP contribution < -0.4 is 5.73 Å². The number of aliphatic hydroxyl groups is 1. The van der Waals surface area contributed by atoms with Gasteiger partial charge in [0.15, 0.2) is 5.17 Å². The average Bonchev–Trinajstić information content (AvgIpc) is 2.11. The van der Waals surface area contributed by atoms with E-state index < -0.39 is 16.6 Å². The van der Waals surface area contributed by atoms with Crippen LogP contribution in [-0.2, 0) is 4.79 Å². The lowest BCUT2D eigenvalue weighted by Crippen LogP contribution is -2.47. The van der Waals surface area contributed by atoms with Crippen molar-refractivity contribution in [3.05, 3.63) is 11.8 Å². The van der Waals surface area contributed by atoms with Crippen LogP contribution in [0.5, 0.6) is 0 Å². The summed E-state index contributed by atoms with van der Waals surface area (Å²) in [6.07, 6.45) is 2.75. The summed E-state index contributed by atoms with van der Waals surface area (Å²) >= 11 is 1.20. The molecule has 1 aliphatic heterocycles. The molecule has 2 unspecified atom stereocenters. The number of aliphatic imine (C=N–C) groups is 1. The first-order valence-corrected chi connectivity index (χ1v) is 6.47. The Morgan fingerprint density at radius 3 is 2.89 bits per heavy atom. The third kappa shape index (κ3) is 2.10. The van der Waals surface area contributed by atoms with Gasteiger partial charge in [-0.3, -0.25) is 4.79 Å². The molecule has 0 bridgehead atoms. The SMILES string of the molecule is CC1(C)CC(O)=CC2(C1)SC(N)=NC(=O)C2C#N. The molecule has 1 amide bonds. The maximum atomic E-state index is 11.8. The molecule has 18 heavy (non-hydrogen) atoms. The highest BCUT2D eigenvalue weighted by Gasteiger charge is 2.51. The first-order valence-electron chi connectivity index (χ1n) is 5.65. The molecular formula is C12H15N3O2S. The molecule has 2 rings (SSSR count). The van der Waals surface area contributed by atoms with Crippen molar-refractivity contribution in [2.75, 3.05) is 0 Å². The third-order valence-corrected chi connectivity index (χ3v) is 4.38. The Morgan fingerprint density at radius 1 is 1.67 bits per heavy atom. The molecule has 1 heterocycles. The van der Waals surface area contributed by atoms with E-state index >= 15 is 0 Å². The van der Waals surface area contributed by atoms with Gasteiger partial charge >= 0.3 is 0 Å². The van der Waals surface area contributed by atoms with Gasteiger partial charge in [-0.2, -0.15) is 10.3 Å². The molecule has 0 saturated heterocycles. The number of nitriles is 1. The number of rotatable bonds is 0. The third-order valence-electron chi connectivity index (χ3n) is 3.21. The Morgan fingerprint density at radius 2 is 2.33 bits per heavy atom. The predicted molar refractivity (Wildman–Crippen MR) is 69.8 cm³/mol. The quantitative estimate of drug-likeness (QED) is 0.694. The van der Waals surface area contributed by atoms with Gasteiger partial charge in [0, 0.05) is 6.42 Å². The number of aliphatic hydroxyl groups excluding tert-OH is 1. The molecule has 1 aliphatic carbocycles. The standard InChI is InChI=1S/C12H15N3O2S/c1-11(2)3-7(16)4-12(6-11)8(5-13)9(17)15-10(14)18-12/h4,8,16H,3,6H2,1-2H3,(H2,14,15,17). The van der Waals surface area contributed by atoms with E-state index in [0.717, 1.165) is 0 Å². The van der Waals surface area contributed by atoms with E-state index in [2.05, 4.69) is 4.99 Å². The van der Waals surface area contributed by atoms with Gasteiger partial charge in [0.05, 0.1) is 16.6 Å². The molecule has 0 aromatic rings. The molecule has 5 nitrogen and oxygen atoms in total. The van der Waals surface area contributed by atoms with Crippen molar-refractivity contribution in [1.29, 1.82) is 5.26 Å². The van der Waals surface area contributed by atoms with Crippen LogP contribution in [0.4, 0.5) is 0 Å². The molecule has 0 saturated carbocycles. The highest BCUT2D eigenvalue weighted by molar-refractivity contribution is 8.15. The Balaban J connectivity index is 2.53. The van der Waals surface area contributed by atoms with Crippen LogP contribution in [0.3, 0.4) is 0 Å². The topological polar surface area (TPSA) is 99.5 Å². The zero-order valence-electron chi connectivity index (χ0n) is 10.3. The van der Waals surface area contributed by atoms with Crippen molar-refractivity contribution >= 4 is 22.8 Å². The fraction of sp³-hybridized carbons (Fsp3) is 0.583. The number of nitrogens with zero attached hydrogens (tertiary/aromatic N) is 2. The Bertz CT molecular complexity index is 504. The number of allylic oxidation sites excluding steroid dienone is 1. The van der Waals surface area contributed by atoms with E-state index in [1.807, 2.05) is 19.9 Å². The van der Waals surface area contributed by atoms with Crippen LogP contribution in [0.25, 0.3) is 0 Å². The largest absolute Gasteiger partial charge is 0.513 e. The van der Waals surface area contributed by atoms with E-state index in [1.54, 1.807) is 6.08 Å². The molecule has 1 spiro atoms. The molecule has 0 radical (unpaired) electrons. The smallest absolute Gasteiger partial charge is 0.267 e. The second kappa shape index (κ2) is 4.02. The van der Waals surface area contributed by atoms with Gasteiger partial charge in [-0.05, 0) is 17.9 Å². The van der Waals surface area contributed by atoms with Crippen LogP contribution in [-0.4, -0.2) is 20.9 Å². The fourth-order valence-corrected chi connectivity index (χ4v) is 4.21. The summed E-state index contributed by atoms with van der Waals surface area (Å²) in [5.74, 6) is -1.20. The molecule has 3 N–H and O–H groups in total. The van der Waals surface area contributed by atoms with Gasteiger partial charge in [-0.15, -0.1) is 0 Å². The molecule has 2 atom stereocenters. The van der Waals surface area contributed by atoms with Crippen molar-refractivity contribution in [3.63, 3.8) is 0 Å². The molecular weight excluding hydrogens is 250 g/mol. The van der Waals surface area contributed by atoms with Gasteiger partial charge in [0.1, 0.15) is 5.92 Å². The zero-order valence-corrected chi connectivity index (χ0v) is 11.1. The number of thioether (sulfide) groups is 1. The fourth-order valence-electron chi connectivity index (χ4n) is 2.76. The van der Waals surface area contributed by atoms with E-state index in [0.29, 0.717) is 12.8 Å². The number of amidine groups is 1.